The minimum atomic E-state index is -0.536. The third kappa shape index (κ3) is 3.43. The Morgan fingerprint density at radius 3 is 2.74 bits per heavy atom. The van der Waals surface area contributed by atoms with Gasteiger partial charge in [0.05, 0.1) is 26.4 Å². The van der Waals surface area contributed by atoms with Gasteiger partial charge in [-0.25, -0.2) is 0 Å². The third-order valence-electron chi connectivity index (χ3n) is 4.11. The van der Waals surface area contributed by atoms with Crippen molar-refractivity contribution >= 4 is 5.91 Å². The summed E-state index contributed by atoms with van der Waals surface area (Å²) in [5.41, 5.74) is 1.69. The Kier molecular flexibility index (Phi) is 4.73. The highest BCUT2D eigenvalue weighted by Crippen LogP contribution is 2.28. The van der Waals surface area contributed by atoms with E-state index < -0.39 is 5.41 Å². The molecule has 1 aliphatic heterocycles. The molecule has 1 fully saturated rings. The van der Waals surface area contributed by atoms with Crippen LogP contribution in [0, 0.1) is 5.41 Å². The van der Waals surface area contributed by atoms with Gasteiger partial charge in [-0.2, -0.15) is 5.10 Å². The molecule has 1 amide bonds. The summed E-state index contributed by atoms with van der Waals surface area (Å²) in [6, 6.07) is 9.96. The Morgan fingerprint density at radius 1 is 1.35 bits per heavy atom. The van der Waals surface area contributed by atoms with Crippen molar-refractivity contribution in [3.63, 3.8) is 0 Å². The van der Waals surface area contributed by atoms with E-state index in [-0.39, 0.29) is 5.91 Å². The summed E-state index contributed by atoms with van der Waals surface area (Å²) in [5, 5.41) is 7.25. The number of hydrogen-bond donors (Lipinski definition) is 1. The molecule has 1 aliphatic rings. The Morgan fingerprint density at radius 2 is 2.13 bits per heavy atom. The lowest BCUT2D eigenvalue weighted by Gasteiger charge is -2.39. The zero-order valence-corrected chi connectivity index (χ0v) is 13.2. The zero-order valence-electron chi connectivity index (χ0n) is 13.2. The van der Waals surface area contributed by atoms with Crippen molar-refractivity contribution < 1.29 is 14.3 Å². The van der Waals surface area contributed by atoms with Gasteiger partial charge in [-0.1, -0.05) is 24.3 Å². The van der Waals surface area contributed by atoms with Gasteiger partial charge in [0.25, 0.3) is 0 Å². The van der Waals surface area contributed by atoms with E-state index in [1.165, 1.54) is 0 Å². The lowest BCUT2D eigenvalue weighted by Crippen LogP contribution is -2.56. The van der Waals surface area contributed by atoms with E-state index in [9.17, 15) is 4.79 Å². The molecule has 2 aromatic rings. The molecule has 0 radical (unpaired) electrons. The fraction of sp³-hybridized carbons (Fsp3) is 0.412. The summed E-state index contributed by atoms with van der Waals surface area (Å²) in [5.74, 6) is -0.0144. The van der Waals surface area contributed by atoms with E-state index in [0.717, 1.165) is 11.1 Å². The van der Waals surface area contributed by atoms with Gasteiger partial charge >= 0.3 is 0 Å². The minimum Gasteiger partial charge on any atom is -0.383 e. The molecule has 0 bridgehead atoms. The van der Waals surface area contributed by atoms with Gasteiger partial charge in [0, 0.05) is 26.0 Å². The first-order chi connectivity index (χ1) is 11.2. The van der Waals surface area contributed by atoms with Gasteiger partial charge in [-0.05, 0) is 17.2 Å². The Hall–Kier alpha value is -2.18. The quantitative estimate of drug-likeness (QED) is 0.834. The highest BCUT2D eigenvalue weighted by molar-refractivity contribution is 5.83. The van der Waals surface area contributed by atoms with Crippen LogP contribution in [0.2, 0.25) is 0 Å². The Labute approximate surface area is 135 Å². The van der Waals surface area contributed by atoms with Crippen molar-refractivity contribution in [3.05, 3.63) is 53.9 Å². The molecule has 0 saturated carbocycles. The van der Waals surface area contributed by atoms with Crippen LogP contribution in [0.25, 0.3) is 0 Å². The normalized spacial score (nSPS) is 15.9. The largest absolute Gasteiger partial charge is 0.383 e. The smallest absolute Gasteiger partial charge is 0.233 e. The third-order valence-corrected chi connectivity index (χ3v) is 4.11. The molecule has 23 heavy (non-hydrogen) atoms. The maximum Gasteiger partial charge on any atom is 0.233 e. The molecule has 6 heteroatoms. The molecular formula is C17H21N3O3. The molecule has 2 heterocycles. The number of hydrogen-bond acceptors (Lipinski definition) is 4. The molecule has 1 aromatic carbocycles. The predicted octanol–water partition coefficient (Wildman–Crippen LogP) is 1.21. The molecule has 1 N–H and O–H groups in total. The second kappa shape index (κ2) is 6.93. The van der Waals surface area contributed by atoms with Crippen LogP contribution in [0.5, 0.6) is 0 Å². The molecule has 0 spiro atoms. The van der Waals surface area contributed by atoms with Gasteiger partial charge in [0.2, 0.25) is 5.91 Å². The van der Waals surface area contributed by atoms with E-state index in [0.29, 0.717) is 32.9 Å². The fourth-order valence-electron chi connectivity index (χ4n) is 2.72. The molecule has 1 aromatic heterocycles. The number of ether oxygens (including phenoxy) is 2. The molecule has 122 valence electrons. The second-order valence-corrected chi connectivity index (χ2v) is 5.86. The number of nitrogens with zero attached hydrogens (tertiary/aromatic N) is 2. The van der Waals surface area contributed by atoms with Crippen LogP contribution < -0.4 is 5.32 Å². The number of amides is 1. The summed E-state index contributed by atoms with van der Waals surface area (Å²) in [6.07, 6.45) is 3.68. The SMILES string of the molecule is COCC1(C(=O)NCc2ccccc2Cn2cccn2)COC1. The van der Waals surface area contributed by atoms with Gasteiger partial charge in [0.15, 0.2) is 0 Å². The lowest BCUT2D eigenvalue weighted by atomic mass is 9.86. The van der Waals surface area contributed by atoms with E-state index >= 15 is 0 Å². The number of aromatic nitrogens is 2. The van der Waals surface area contributed by atoms with Crippen LogP contribution in [0.1, 0.15) is 11.1 Å². The number of carbonyl (C=O) groups is 1. The molecule has 1 saturated heterocycles. The van der Waals surface area contributed by atoms with E-state index in [4.69, 9.17) is 9.47 Å². The Bertz CT molecular complexity index is 651. The topological polar surface area (TPSA) is 65.4 Å². The van der Waals surface area contributed by atoms with Crippen LogP contribution in [0.3, 0.4) is 0 Å². The average Bonchev–Trinajstić information content (AvgIpc) is 3.03. The summed E-state index contributed by atoms with van der Waals surface area (Å²) in [7, 11) is 1.60. The fourth-order valence-corrected chi connectivity index (χ4v) is 2.72. The van der Waals surface area contributed by atoms with Crippen LogP contribution in [-0.4, -0.2) is 42.6 Å². The van der Waals surface area contributed by atoms with E-state index in [2.05, 4.69) is 16.5 Å². The first kappa shape index (κ1) is 15.7. The van der Waals surface area contributed by atoms with Crippen molar-refractivity contribution in [1.29, 1.82) is 0 Å². The number of methoxy groups -OCH3 is 1. The number of benzene rings is 1. The second-order valence-electron chi connectivity index (χ2n) is 5.86. The Balaban J connectivity index is 1.65. The standard InChI is InChI=1S/C17H21N3O3/c1-22-11-17(12-23-13-17)16(21)18-9-14-5-2-3-6-15(14)10-20-8-4-7-19-20/h2-8H,9-13H2,1H3,(H,18,21). The van der Waals surface area contributed by atoms with Gasteiger partial charge < -0.3 is 14.8 Å². The van der Waals surface area contributed by atoms with Crippen LogP contribution in [0.15, 0.2) is 42.7 Å². The average molecular weight is 315 g/mol. The molecular weight excluding hydrogens is 294 g/mol. The van der Waals surface area contributed by atoms with Crippen molar-refractivity contribution in [2.45, 2.75) is 13.1 Å². The van der Waals surface area contributed by atoms with Crippen molar-refractivity contribution in [2.75, 3.05) is 26.9 Å². The van der Waals surface area contributed by atoms with E-state index in [1.54, 1.807) is 13.3 Å². The monoisotopic (exact) mass is 315 g/mol. The van der Waals surface area contributed by atoms with Crippen molar-refractivity contribution in [3.8, 4) is 0 Å². The number of rotatable bonds is 7. The van der Waals surface area contributed by atoms with Crippen molar-refractivity contribution in [1.82, 2.24) is 15.1 Å². The first-order valence-electron chi connectivity index (χ1n) is 7.63. The van der Waals surface area contributed by atoms with E-state index in [1.807, 2.05) is 35.1 Å². The number of nitrogens with one attached hydrogen (secondary N) is 1. The zero-order chi connectivity index (χ0) is 16.1. The maximum absolute atomic E-state index is 12.5. The van der Waals surface area contributed by atoms with Crippen molar-refractivity contribution in [2.24, 2.45) is 5.41 Å². The molecule has 0 aliphatic carbocycles. The van der Waals surface area contributed by atoms with Gasteiger partial charge in [-0.15, -0.1) is 0 Å². The molecule has 0 unspecified atom stereocenters. The van der Waals surface area contributed by atoms with Gasteiger partial charge in [0.1, 0.15) is 5.41 Å². The lowest BCUT2D eigenvalue weighted by molar-refractivity contribution is -0.172. The highest BCUT2D eigenvalue weighted by Gasteiger charge is 2.45. The maximum atomic E-state index is 12.5. The van der Waals surface area contributed by atoms with Crippen LogP contribution in [-0.2, 0) is 27.4 Å². The number of carbonyl (C=O) groups excluding carboxylic acids is 1. The molecule has 6 nitrogen and oxygen atoms in total. The summed E-state index contributed by atoms with van der Waals surface area (Å²) >= 11 is 0. The van der Waals surface area contributed by atoms with Gasteiger partial charge in [-0.3, -0.25) is 9.48 Å². The minimum absolute atomic E-state index is 0.0144. The van der Waals surface area contributed by atoms with Crippen LogP contribution >= 0.6 is 0 Å². The first-order valence-corrected chi connectivity index (χ1v) is 7.63. The predicted molar refractivity (Wildman–Crippen MR) is 84.7 cm³/mol. The molecule has 0 atom stereocenters. The van der Waals surface area contributed by atoms with Crippen LogP contribution in [0.4, 0.5) is 0 Å². The summed E-state index contributed by atoms with van der Waals surface area (Å²) in [6.45, 7) is 2.39. The summed E-state index contributed by atoms with van der Waals surface area (Å²) in [4.78, 5) is 12.5. The molecule has 3 rings (SSSR count). The summed E-state index contributed by atoms with van der Waals surface area (Å²) < 4.78 is 12.2. The highest BCUT2D eigenvalue weighted by atomic mass is 16.5.